The van der Waals surface area contributed by atoms with Crippen LogP contribution in [0.3, 0.4) is 0 Å². The van der Waals surface area contributed by atoms with Crippen molar-refractivity contribution in [3.63, 3.8) is 0 Å². The summed E-state index contributed by atoms with van der Waals surface area (Å²) < 4.78 is 34.0. The lowest BCUT2D eigenvalue weighted by molar-refractivity contribution is -0.0215. The molecular formula is C12H18BrN3O4S. The largest absolute Gasteiger partial charge is 0.475 e. The number of primary sulfonamides is 1. The van der Waals surface area contributed by atoms with Gasteiger partial charge in [-0.15, -0.1) is 0 Å². The topological polar surface area (TPSA) is 94.8 Å². The van der Waals surface area contributed by atoms with Crippen molar-refractivity contribution >= 4 is 26.0 Å². The van der Waals surface area contributed by atoms with Crippen molar-refractivity contribution in [2.75, 3.05) is 32.9 Å². The molecule has 0 bridgehead atoms. The molecule has 0 saturated carbocycles. The number of hydrogen-bond acceptors (Lipinski definition) is 6. The maximum atomic E-state index is 11.2. The van der Waals surface area contributed by atoms with E-state index in [9.17, 15) is 8.42 Å². The van der Waals surface area contributed by atoms with Gasteiger partial charge in [-0.3, -0.25) is 4.90 Å². The highest BCUT2D eigenvalue weighted by Gasteiger charge is 2.23. The summed E-state index contributed by atoms with van der Waals surface area (Å²) in [5, 5.41) is 5.05. The average molecular weight is 380 g/mol. The maximum absolute atomic E-state index is 11.2. The van der Waals surface area contributed by atoms with Gasteiger partial charge in [0, 0.05) is 6.54 Å². The molecule has 1 aromatic heterocycles. The Hall–Kier alpha value is -0.740. The Labute approximate surface area is 132 Å². The lowest BCUT2D eigenvalue weighted by Gasteiger charge is -2.34. The van der Waals surface area contributed by atoms with Crippen molar-refractivity contribution in [1.82, 2.24) is 9.88 Å². The third kappa shape index (κ3) is 4.36. The molecule has 21 heavy (non-hydrogen) atoms. The molecular weight excluding hydrogens is 362 g/mol. The molecule has 2 rings (SSSR count). The van der Waals surface area contributed by atoms with Crippen molar-refractivity contribution < 1.29 is 17.9 Å². The summed E-state index contributed by atoms with van der Waals surface area (Å²) in [6, 6.07) is 1.54. The molecule has 2 N–H and O–H groups in total. The number of rotatable bonds is 5. The first-order chi connectivity index (χ1) is 9.91. The fourth-order valence-corrected chi connectivity index (χ4v) is 3.20. The highest BCUT2D eigenvalue weighted by atomic mass is 79.9. The normalized spacial score (nSPS) is 20.4. The number of sulfonamides is 1. The van der Waals surface area contributed by atoms with Crippen LogP contribution in [0, 0.1) is 0 Å². The summed E-state index contributed by atoms with van der Waals surface area (Å²) in [5.74, 6) is 0.337. The van der Waals surface area contributed by atoms with Gasteiger partial charge in [0.05, 0.1) is 29.9 Å². The first-order valence-corrected chi connectivity index (χ1v) is 8.88. The van der Waals surface area contributed by atoms with E-state index in [1.165, 1.54) is 12.3 Å². The zero-order valence-electron chi connectivity index (χ0n) is 11.7. The van der Waals surface area contributed by atoms with Gasteiger partial charge in [0.15, 0.2) is 0 Å². The average Bonchev–Trinajstić information content (AvgIpc) is 2.45. The van der Waals surface area contributed by atoms with Gasteiger partial charge in [0.25, 0.3) is 0 Å². The Balaban J connectivity index is 2.03. The van der Waals surface area contributed by atoms with Crippen LogP contribution in [0.2, 0.25) is 0 Å². The summed E-state index contributed by atoms with van der Waals surface area (Å²) in [5.41, 5.74) is 0. The molecule has 1 atom stereocenters. The molecule has 0 spiro atoms. The van der Waals surface area contributed by atoms with E-state index in [-0.39, 0.29) is 10.9 Å². The van der Waals surface area contributed by atoms with Crippen molar-refractivity contribution in [3.05, 3.63) is 16.7 Å². The van der Waals surface area contributed by atoms with Gasteiger partial charge >= 0.3 is 0 Å². The van der Waals surface area contributed by atoms with Crippen LogP contribution >= 0.6 is 15.9 Å². The van der Waals surface area contributed by atoms with E-state index in [2.05, 4.69) is 32.7 Å². The van der Waals surface area contributed by atoms with Gasteiger partial charge in [-0.05, 0) is 28.5 Å². The number of pyridine rings is 1. The second kappa shape index (κ2) is 7.01. The smallest absolute Gasteiger partial charge is 0.239 e. The number of nitrogens with two attached hydrogens (primary N) is 1. The van der Waals surface area contributed by atoms with Gasteiger partial charge in [-0.2, -0.15) is 0 Å². The molecule has 1 aliphatic rings. The molecule has 0 radical (unpaired) electrons. The van der Waals surface area contributed by atoms with E-state index in [1.54, 1.807) is 0 Å². The lowest BCUT2D eigenvalue weighted by atomic mass is 10.2. The van der Waals surface area contributed by atoms with Crippen LogP contribution in [0.25, 0.3) is 0 Å². The van der Waals surface area contributed by atoms with Crippen LogP contribution in [-0.2, 0) is 14.8 Å². The number of hydrogen-bond donors (Lipinski definition) is 1. The van der Waals surface area contributed by atoms with E-state index in [4.69, 9.17) is 14.6 Å². The molecule has 0 aliphatic carbocycles. The minimum atomic E-state index is -3.77. The van der Waals surface area contributed by atoms with Gasteiger partial charge in [-0.25, -0.2) is 18.5 Å². The summed E-state index contributed by atoms with van der Waals surface area (Å²) >= 11 is 3.24. The van der Waals surface area contributed by atoms with E-state index < -0.39 is 10.0 Å². The number of nitrogens with zero attached hydrogens (tertiary/aromatic N) is 2. The molecule has 1 fully saturated rings. The molecule has 0 unspecified atom stereocenters. The molecule has 1 saturated heterocycles. The highest BCUT2D eigenvalue weighted by molar-refractivity contribution is 9.10. The van der Waals surface area contributed by atoms with Crippen LogP contribution in [0.1, 0.15) is 6.92 Å². The standard InChI is InChI=1S/C12H18BrN3O4S/c1-2-16-3-4-19-7-9(16)8-20-12-11(13)5-10(6-15-12)21(14,17)18/h5-6,9H,2-4,7-8H2,1H3,(H2,14,17,18)/t9-/m1/s1. The van der Waals surface area contributed by atoms with Gasteiger partial charge < -0.3 is 9.47 Å². The van der Waals surface area contributed by atoms with Crippen LogP contribution in [-0.4, -0.2) is 57.3 Å². The summed E-state index contributed by atoms with van der Waals surface area (Å²) in [4.78, 5) is 6.21. The second-order valence-corrected chi connectivity index (χ2v) is 7.09. The number of ether oxygens (including phenoxy) is 2. The third-order valence-electron chi connectivity index (χ3n) is 3.28. The van der Waals surface area contributed by atoms with Crippen molar-refractivity contribution in [3.8, 4) is 5.88 Å². The zero-order valence-corrected chi connectivity index (χ0v) is 14.1. The fourth-order valence-electron chi connectivity index (χ4n) is 2.10. The second-order valence-electron chi connectivity index (χ2n) is 4.67. The van der Waals surface area contributed by atoms with Crippen molar-refractivity contribution in [2.24, 2.45) is 5.14 Å². The van der Waals surface area contributed by atoms with Crippen LogP contribution in [0.4, 0.5) is 0 Å². The van der Waals surface area contributed by atoms with E-state index in [0.717, 1.165) is 19.7 Å². The van der Waals surface area contributed by atoms with Gasteiger partial charge in [-0.1, -0.05) is 6.92 Å². The highest BCUT2D eigenvalue weighted by Crippen LogP contribution is 2.25. The first-order valence-electron chi connectivity index (χ1n) is 6.54. The monoisotopic (exact) mass is 379 g/mol. The zero-order chi connectivity index (χ0) is 15.5. The Morgan fingerprint density at radius 2 is 2.38 bits per heavy atom. The molecule has 7 nitrogen and oxygen atoms in total. The first kappa shape index (κ1) is 16.6. The molecule has 1 aliphatic heterocycles. The fraction of sp³-hybridized carbons (Fsp3) is 0.583. The van der Waals surface area contributed by atoms with E-state index >= 15 is 0 Å². The minimum Gasteiger partial charge on any atom is -0.475 e. The molecule has 0 amide bonds. The molecule has 2 heterocycles. The molecule has 1 aromatic rings. The lowest BCUT2D eigenvalue weighted by Crippen LogP contribution is -2.48. The van der Waals surface area contributed by atoms with Gasteiger partial charge in [0.1, 0.15) is 11.5 Å². The summed E-state index contributed by atoms with van der Waals surface area (Å²) in [7, 11) is -3.77. The molecule has 0 aromatic carbocycles. The predicted octanol–water partition coefficient (Wildman–Crippen LogP) is 0.591. The quantitative estimate of drug-likeness (QED) is 0.804. The minimum absolute atomic E-state index is 0.0575. The predicted molar refractivity (Wildman–Crippen MR) is 80.7 cm³/mol. The van der Waals surface area contributed by atoms with Crippen LogP contribution in [0.5, 0.6) is 5.88 Å². The Morgan fingerprint density at radius 1 is 1.62 bits per heavy atom. The number of morpholine rings is 1. The summed E-state index contributed by atoms with van der Waals surface area (Å²) in [6.45, 7) is 5.66. The third-order valence-corrected chi connectivity index (χ3v) is 4.73. The number of halogens is 1. The maximum Gasteiger partial charge on any atom is 0.239 e. The Kier molecular flexibility index (Phi) is 5.55. The van der Waals surface area contributed by atoms with Crippen molar-refractivity contribution in [1.29, 1.82) is 0 Å². The Morgan fingerprint density at radius 3 is 3.00 bits per heavy atom. The van der Waals surface area contributed by atoms with Crippen LogP contribution < -0.4 is 9.88 Å². The Bertz CT molecular complexity index is 596. The SMILES string of the molecule is CCN1CCOC[C@@H]1COc1ncc(S(N)(=O)=O)cc1Br. The number of likely N-dealkylation sites (N-methyl/N-ethyl adjacent to an activating group) is 1. The summed E-state index contributed by atoms with van der Waals surface area (Å²) in [6.07, 6.45) is 1.18. The molecule has 118 valence electrons. The van der Waals surface area contributed by atoms with Crippen LogP contribution in [0.15, 0.2) is 21.6 Å². The number of aromatic nitrogens is 1. The van der Waals surface area contributed by atoms with Crippen molar-refractivity contribution in [2.45, 2.75) is 17.9 Å². The van der Waals surface area contributed by atoms with Gasteiger partial charge in [0.2, 0.25) is 15.9 Å². The van der Waals surface area contributed by atoms with E-state index in [0.29, 0.717) is 23.6 Å². The van der Waals surface area contributed by atoms with E-state index in [1.807, 2.05) is 0 Å². The molecule has 9 heteroatoms.